The van der Waals surface area contributed by atoms with E-state index in [4.69, 9.17) is 10.5 Å². The maximum Gasteiger partial charge on any atom is 0.447 e. The molecule has 0 aromatic carbocycles. The molecule has 0 aromatic rings. The molecule has 0 spiro atoms. The van der Waals surface area contributed by atoms with Gasteiger partial charge in [0.15, 0.2) is 0 Å². The Labute approximate surface area is 141 Å². The molecule has 0 radical (unpaired) electrons. The van der Waals surface area contributed by atoms with Gasteiger partial charge in [-0.2, -0.15) is 0 Å². The largest absolute Gasteiger partial charge is 0.463 e. The molecule has 1 fully saturated rings. The minimum Gasteiger partial charge on any atom is -0.463 e. The molecular formula is C17H25FN2O4. The number of nitrogens with zero attached hydrogens (tertiary/aromatic N) is 1. The summed E-state index contributed by atoms with van der Waals surface area (Å²) in [4.78, 5) is 27.2. The van der Waals surface area contributed by atoms with Crippen molar-refractivity contribution in [1.29, 1.82) is 0 Å². The lowest BCUT2D eigenvalue weighted by Crippen LogP contribution is -2.30. The minimum atomic E-state index is -0.953. The highest BCUT2D eigenvalue weighted by Gasteiger charge is 2.20. The van der Waals surface area contributed by atoms with Gasteiger partial charge in [0.25, 0.3) is 0 Å². The minimum absolute atomic E-state index is 0.322. The number of allylic oxidation sites excluding steroid dienone is 3. The Morgan fingerprint density at radius 2 is 1.96 bits per heavy atom. The van der Waals surface area contributed by atoms with E-state index in [0.717, 1.165) is 23.1 Å². The first-order chi connectivity index (χ1) is 11.4. The highest BCUT2D eigenvalue weighted by atomic mass is 19.3. The summed E-state index contributed by atoms with van der Waals surface area (Å²) in [5, 5.41) is 0. The van der Waals surface area contributed by atoms with Crippen molar-refractivity contribution >= 4 is 12.1 Å². The number of nitrogens with two attached hydrogens (primary N) is 1. The first-order valence-corrected chi connectivity index (χ1v) is 7.98. The van der Waals surface area contributed by atoms with E-state index < -0.39 is 12.1 Å². The fourth-order valence-corrected chi connectivity index (χ4v) is 2.56. The van der Waals surface area contributed by atoms with Crippen LogP contribution in [0, 0.1) is 0 Å². The van der Waals surface area contributed by atoms with Crippen LogP contribution in [-0.4, -0.2) is 36.7 Å². The fourth-order valence-electron chi connectivity index (χ4n) is 2.56. The Morgan fingerprint density at radius 1 is 1.25 bits per heavy atom. The maximum atomic E-state index is 12.0. The number of carbonyl (C=O) groups is 2. The van der Waals surface area contributed by atoms with Gasteiger partial charge in [-0.1, -0.05) is 11.6 Å². The number of ether oxygens (including phenoxy) is 1. The Balaban J connectivity index is 2.87. The molecule has 6 nitrogen and oxygen atoms in total. The molecule has 1 amide bonds. The number of hydrogen-bond donors (Lipinski definition) is 1. The van der Waals surface area contributed by atoms with Gasteiger partial charge in [-0.3, -0.25) is 0 Å². The van der Waals surface area contributed by atoms with Gasteiger partial charge in [0.2, 0.25) is 0 Å². The average molecular weight is 340 g/mol. The molecule has 1 aliphatic rings. The van der Waals surface area contributed by atoms with E-state index in [1.54, 1.807) is 13.0 Å². The molecule has 24 heavy (non-hydrogen) atoms. The van der Waals surface area contributed by atoms with E-state index in [1.807, 2.05) is 13.8 Å². The third kappa shape index (κ3) is 5.72. The molecule has 1 rings (SSSR count). The number of carbonyl (C=O) groups excluding carboxylic acids is 2. The second-order valence-corrected chi connectivity index (χ2v) is 5.59. The molecule has 2 N–H and O–H groups in total. The van der Waals surface area contributed by atoms with Crippen molar-refractivity contribution in [2.45, 2.75) is 40.0 Å². The zero-order valence-corrected chi connectivity index (χ0v) is 14.4. The monoisotopic (exact) mass is 340 g/mol. The lowest BCUT2D eigenvalue weighted by Gasteiger charge is -2.16. The van der Waals surface area contributed by atoms with Gasteiger partial charge in [0.05, 0.1) is 6.61 Å². The van der Waals surface area contributed by atoms with Gasteiger partial charge in [0, 0.05) is 29.4 Å². The van der Waals surface area contributed by atoms with Gasteiger partial charge in [-0.05, 0) is 51.2 Å². The van der Waals surface area contributed by atoms with Crippen molar-refractivity contribution in [2.24, 2.45) is 5.73 Å². The van der Waals surface area contributed by atoms with Gasteiger partial charge < -0.3 is 15.4 Å². The van der Waals surface area contributed by atoms with Crippen molar-refractivity contribution in [1.82, 2.24) is 4.90 Å². The normalized spacial score (nSPS) is 18.8. The highest BCUT2D eigenvalue weighted by molar-refractivity contribution is 5.82. The van der Waals surface area contributed by atoms with Crippen LogP contribution in [0.1, 0.15) is 40.0 Å². The van der Waals surface area contributed by atoms with Crippen LogP contribution in [0.25, 0.3) is 0 Å². The fraction of sp³-hybridized carbons (Fsp3) is 0.529. The Kier molecular flexibility index (Phi) is 8.01. The summed E-state index contributed by atoms with van der Waals surface area (Å²) < 4.78 is 16.9. The Morgan fingerprint density at radius 3 is 2.58 bits per heavy atom. The molecule has 1 aliphatic heterocycles. The topological polar surface area (TPSA) is 81.9 Å². The molecule has 1 saturated heterocycles. The summed E-state index contributed by atoms with van der Waals surface area (Å²) in [6, 6.07) is 0. The Bertz CT molecular complexity index is 567. The van der Waals surface area contributed by atoms with Crippen molar-refractivity contribution in [2.75, 3.05) is 19.7 Å². The second kappa shape index (κ2) is 9.75. The van der Waals surface area contributed by atoms with Crippen LogP contribution in [-0.2, 0) is 14.5 Å². The quantitative estimate of drug-likeness (QED) is 0.483. The third-order valence-electron chi connectivity index (χ3n) is 4.03. The first kappa shape index (κ1) is 19.7. The molecule has 7 heteroatoms. The smallest absolute Gasteiger partial charge is 0.447 e. The molecule has 0 aliphatic carbocycles. The summed E-state index contributed by atoms with van der Waals surface area (Å²) in [5.74, 6) is -0.412. The molecule has 0 unspecified atom stereocenters. The summed E-state index contributed by atoms with van der Waals surface area (Å²) in [7, 11) is 0. The second-order valence-electron chi connectivity index (χ2n) is 5.59. The molecule has 1 heterocycles. The van der Waals surface area contributed by atoms with E-state index in [0.29, 0.717) is 38.2 Å². The maximum absolute atomic E-state index is 12.0. The number of amides is 1. The number of hydrogen-bond acceptors (Lipinski definition) is 5. The standard InChI is InChI=1S/C17H25FN2O4/c1-4-23-15(21)8-7-12(2)16(19)13(3)14-6-5-10-20(11-9-14)17(22)24-18/h7-8H,4-6,9-11,19H2,1-3H3/b8-7+,14-13+,16-12-. The first-order valence-electron chi connectivity index (χ1n) is 7.98. The average Bonchev–Trinajstić information content (AvgIpc) is 2.84. The van der Waals surface area contributed by atoms with Crippen LogP contribution < -0.4 is 5.73 Å². The van der Waals surface area contributed by atoms with E-state index in [-0.39, 0.29) is 0 Å². The van der Waals surface area contributed by atoms with E-state index in [9.17, 15) is 14.1 Å². The van der Waals surface area contributed by atoms with Gasteiger partial charge in [-0.15, -0.1) is 0 Å². The number of likely N-dealkylation sites (tertiary alicyclic amines) is 1. The zero-order chi connectivity index (χ0) is 18.1. The van der Waals surface area contributed by atoms with Crippen LogP contribution >= 0.6 is 0 Å². The summed E-state index contributed by atoms with van der Waals surface area (Å²) >= 11 is 0. The van der Waals surface area contributed by atoms with Crippen LogP contribution in [0.5, 0.6) is 0 Å². The van der Waals surface area contributed by atoms with Crippen LogP contribution in [0.4, 0.5) is 9.32 Å². The number of rotatable bonds is 4. The van der Waals surface area contributed by atoms with Crippen molar-refractivity contribution in [3.05, 3.63) is 34.6 Å². The molecule has 0 saturated carbocycles. The summed E-state index contributed by atoms with van der Waals surface area (Å²) in [6.45, 7) is 6.63. The molecule has 0 aromatic heterocycles. The zero-order valence-electron chi connectivity index (χ0n) is 14.4. The van der Waals surface area contributed by atoms with Crippen molar-refractivity contribution in [3.63, 3.8) is 0 Å². The lowest BCUT2D eigenvalue weighted by molar-refractivity contribution is -0.137. The summed E-state index contributed by atoms with van der Waals surface area (Å²) in [6.07, 6.45) is 4.11. The van der Waals surface area contributed by atoms with Gasteiger partial charge in [-0.25, -0.2) is 14.5 Å². The van der Waals surface area contributed by atoms with E-state index in [2.05, 4.69) is 4.94 Å². The van der Waals surface area contributed by atoms with Crippen LogP contribution in [0.15, 0.2) is 34.6 Å². The molecule has 0 bridgehead atoms. The molecular weight excluding hydrogens is 315 g/mol. The van der Waals surface area contributed by atoms with Gasteiger partial charge in [0.1, 0.15) is 0 Å². The predicted octanol–water partition coefficient (Wildman–Crippen LogP) is 3.16. The lowest BCUT2D eigenvalue weighted by atomic mass is 9.98. The van der Waals surface area contributed by atoms with Crippen LogP contribution in [0.3, 0.4) is 0 Å². The molecule has 0 atom stereocenters. The van der Waals surface area contributed by atoms with Gasteiger partial charge >= 0.3 is 12.1 Å². The SMILES string of the molecule is CCOC(=O)/C=C/C(C)=C(N)/C(C)=C1\CCCN(C(=O)OF)CC1. The Hall–Kier alpha value is -2.31. The number of esters is 1. The van der Waals surface area contributed by atoms with E-state index in [1.165, 1.54) is 11.0 Å². The van der Waals surface area contributed by atoms with Crippen LogP contribution in [0.2, 0.25) is 0 Å². The molecule has 134 valence electrons. The van der Waals surface area contributed by atoms with Crippen molar-refractivity contribution < 1.29 is 23.8 Å². The highest BCUT2D eigenvalue weighted by Crippen LogP contribution is 2.24. The number of halogens is 1. The third-order valence-corrected chi connectivity index (χ3v) is 4.03. The van der Waals surface area contributed by atoms with E-state index >= 15 is 0 Å². The van der Waals surface area contributed by atoms with Crippen molar-refractivity contribution in [3.8, 4) is 0 Å². The summed E-state index contributed by atoms with van der Waals surface area (Å²) in [5.41, 5.74) is 9.57. The predicted molar refractivity (Wildman–Crippen MR) is 88.4 cm³/mol.